The second-order valence-electron chi connectivity index (χ2n) is 7.45. The molecular weight excluding hydrogens is 366 g/mol. The maximum Gasteiger partial charge on any atom is 0.171 e. The molecule has 1 saturated carbocycles. The molecule has 0 radical (unpaired) electrons. The van der Waals surface area contributed by atoms with Gasteiger partial charge in [0.1, 0.15) is 11.3 Å². The average molecular weight is 392 g/mol. The topological polar surface area (TPSA) is 46.2 Å². The number of hydrogen-bond acceptors (Lipinski definition) is 3. The van der Waals surface area contributed by atoms with E-state index in [1.54, 1.807) is 13.3 Å². The maximum atomic E-state index is 5.73. The zero-order chi connectivity index (χ0) is 19.6. The molecule has 4 nitrogen and oxygen atoms in total. The van der Waals surface area contributed by atoms with Gasteiger partial charge in [0, 0.05) is 17.3 Å². The summed E-state index contributed by atoms with van der Waals surface area (Å²) in [6.07, 6.45) is 6.36. The first-order valence-electron chi connectivity index (χ1n) is 9.69. The normalized spacial score (nSPS) is 15.4. The van der Waals surface area contributed by atoms with Crippen molar-refractivity contribution in [3.8, 4) is 5.75 Å². The Morgan fingerprint density at radius 2 is 1.93 bits per heavy atom. The summed E-state index contributed by atoms with van der Waals surface area (Å²) >= 11 is 5.73. The van der Waals surface area contributed by atoms with Crippen LogP contribution >= 0.6 is 12.2 Å². The van der Waals surface area contributed by atoms with Gasteiger partial charge in [-0.1, -0.05) is 42.7 Å². The zero-order valence-corrected chi connectivity index (χ0v) is 17.1. The second-order valence-corrected chi connectivity index (χ2v) is 7.86. The molecule has 1 aliphatic carbocycles. The number of methoxy groups -OCH3 is 1. The van der Waals surface area contributed by atoms with E-state index in [0.717, 1.165) is 35.2 Å². The SMILES string of the molecule is COc1ccc(NC(=S)NC2(c3cccc(C)c3)CCCC2)c2cccnc12. The molecule has 144 valence electrons. The second kappa shape index (κ2) is 7.76. The molecular formula is C23H25N3OS. The summed E-state index contributed by atoms with van der Waals surface area (Å²) in [6.45, 7) is 2.14. The standard InChI is InChI=1S/C23H25N3OS/c1-16-7-5-8-17(15-16)23(12-3-4-13-23)26-22(28)25-19-10-11-20(27-2)21-18(19)9-6-14-24-21/h5-11,14-15H,3-4,12-13H2,1-2H3,(H2,25,26,28). The van der Waals surface area contributed by atoms with Gasteiger partial charge in [-0.15, -0.1) is 0 Å². The number of nitrogens with zero attached hydrogens (tertiary/aromatic N) is 1. The maximum absolute atomic E-state index is 5.73. The van der Waals surface area contributed by atoms with Gasteiger partial charge in [0.15, 0.2) is 5.11 Å². The van der Waals surface area contributed by atoms with Crippen molar-refractivity contribution in [2.75, 3.05) is 12.4 Å². The molecule has 3 aromatic rings. The lowest BCUT2D eigenvalue weighted by Gasteiger charge is -2.33. The van der Waals surface area contributed by atoms with Crippen LogP contribution in [0, 0.1) is 6.92 Å². The third-order valence-corrected chi connectivity index (χ3v) is 5.79. The largest absolute Gasteiger partial charge is 0.494 e. The monoisotopic (exact) mass is 391 g/mol. The van der Waals surface area contributed by atoms with Gasteiger partial charge < -0.3 is 15.4 Å². The molecule has 2 aromatic carbocycles. The molecule has 1 aromatic heterocycles. The average Bonchev–Trinajstić information content (AvgIpc) is 3.18. The van der Waals surface area contributed by atoms with Crippen LogP contribution in [0.2, 0.25) is 0 Å². The number of thiocarbonyl (C=S) groups is 1. The summed E-state index contributed by atoms with van der Waals surface area (Å²) in [5.74, 6) is 0.757. The van der Waals surface area contributed by atoms with Crippen molar-refractivity contribution in [2.24, 2.45) is 0 Å². The van der Waals surface area contributed by atoms with Gasteiger partial charge in [-0.3, -0.25) is 4.98 Å². The Hall–Kier alpha value is -2.66. The first-order chi connectivity index (χ1) is 13.6. The number of hydrogen-bond donors (Lipinski definition) is 2. The number of rotatable bonds is 4. The predicted molar refractivity (Wildman–Crippen MR) is 119 cm³/mol. The summed E-state index contributed by atoms with van der Waals surface area (Å²) in [4.78, 5) is 4.47. The highest BCUT2D eigenvalue weighted by molar-refractivity contribution is 7.80. The highest BCUT2D eigenvalue weighted by Gasteiger charge is 2.36. The van der Waals surface area contributed by atoms with Crippen LogP contribution < -0.4 is 15.4 Å². The van der Waals surface area contributed by atoms with Crippen LogP contribution in [-0.2, 0) is 5.54 Å². The lowest BCUT2D eigenvalue weighted by Crippen LogP contribution is -2.45. The Morgan fingerprint density at radius 1 is 1.11 bits per heavy atom. The molecule has 5 heteroatoms. The van der Waals surface area contributed by atoms with E-state index < -0.39 is 0 Å². The van der Waals surface area contributed by atoms with Gasteiger partial charge in [-0.2, -0.15) is 0 Å². The fourth-order valence-electron chi connectivity index (χ4n) is 4.20. The number of nitrogens with one attached hydrogen (secondary N) is 2. The third-order valence-electron chi connectivity index (χ3n) is 5.58. The van der Waals surface area contributed by atoms with Crippen LogP contribution in [0.5, 0.6) is 5.75 Å². The minimum Gasteiger partial charge on any atom is -0.494 e. The molecule has 1 aliphatic rings. The molecule has 0 spiro atoms. The molecule has 1 fully saturated rings. The third kappa shape index (κ3) is 3.54. The smallest absolute Gasteiger partial charge is 0.171 e. The quantitative estimate of drug-likeness (QED) is 0.590. The number of ether oxygens (including phenoxy) is 1. The molecule has 0 bridgehead atoms. The van der Waals surface area contributed by atoms with Crippen LogP contribution in [0.1, 0.15) is 36.8 Å². The fraction of sp³-hybridized carbons (Fsp3) is 0.304. The van der Waals surface area contributed by atoms with E-state index in [9.17, 15) is 0 Å². The molecule has 1 heterocycles. The molecule has 0 atom stereocenters. The number of benzene rings is 2. The fourth-order valence-corrected chi connectivity index (χ4v) is 4.50. The highest BCUT2D eigenvalue weighted by atomic mass is 32.1. The molecule has 4 rings (SSSR count). The number of anilines is 1. The van der Waals surface area contributed by atoms with E-state index in [-0.39, 0.29) is 5.54 Å². The summed E-state index contributed by atoms with van der Waals surface area (Å²) in [7, 11) is 1.66. The Labute approximate surface area is 171 Å². The van der Waals surface area contributed by atoms with Crippen LogP contribution in [0.25, 0.3) is 10.9 Å². The van der Waals surface area contributed by atoms with E-state index >= 15 is 0 Å². The van der Waals surface area contributed by atoms with Crippen molar-refractivity contribution < 1.29 is 4.74 Å². The van der Waals surface area contributed by atoms with E-state index in [4.69, 9.17) is 17.0 Å². The summed E-state index contributed by atoms with van der Waals surface area (Å²) in [5.41, 5.74) is 4.24. The lowest BCUT2D eigenvalue weighted by atomic mass is 9.87. The number of aryl methyl sites for hydroxylation is 1. The van der Waals surface area contributed by atoms with Crippen LogP contribution in [0.3, 0.4) is 0 Å². The molecule has 0 aliphatic heterocycles. The van der Waals surface area contributed by atoms with Gasteiger partial charge in [0.05, 0.1) is 12.6 Å². The Bertz CT molecular complexity index is 1010. The van der Waals surface area contributed by atoms with Crippen LogP contribution in [0.4, 0.5) is 5.69 Å². The molecule has 0 saturated heterocycles. The predicted octanol–water partition coefficient (Wildman–Crippen LogP) is 5.31. The van der Waals surface area contributed by atoms with Crippen molar-refractivity contribution >= 4 is 33.9 Å². The number of fused-ring (bicyclic) bond motifs is 1. The van der Waals surface area contributed by atoms with Gasteiger partial charge >= 0.3 is 0 Å². The van der Waals surface area contributed by atoms with E-state index in [1.807, 2.05) is 24.3 Å². The first-order valence-corrected chi connectivity index (χ1v) is 10.1. The number of pyridine rings is 1. The molecule has 2 N–H and O–H groups in total. The number of aromatic nitrogens is 1. The van der Waals surface area contributed by atoms with Crippen LogP contribution in [0.15, 0.2) is 54.7 Å². The minimum absolute atomic E-state index is 0.101. The highest BCUT2D eigenvalue weighted by Crippen LogP contribution is 2.39. The van der Waals surface area contributed by atoms with Gasteiger partial charge in [-0.25, -0.2) is 0 Å². The zero-order valence-electron chi connectivity index (χ0n) is 16.3. The summed E-state index contributed by atoms with van der Waals surface area (Å²) < 4.78 is 5.44. The Morgan fingerprint density at radius 3 is 2.68 bits per heavy atom. The van der Waals surface area contributed by atoms with Crippen molar-refractivity contribution in [3.05, 3.63) is 65.9 Å². The lowest BCUT2D eigenvalue weighted by molar-refractivity contribution is 0.408. The molecule has 28 heavy (non-hydrogen) atoms. The molecule has 0 unspecified atom stereocenters. The Balaban J connectivity index is 1.61. The van der Waals surface area contributed by atoms with Crippen LogP contribution in [-0.4, -0.2) is 17.2 Å². The van der Waals surface area contributed by atoms with Crippen molar-refractivity contribution in [3.63, 3.8) is 0 Å². The van der Waals surface area contributed by atoms with E-state index in [0.29, 0.717) is 5.11 Å². The van der Waals surface area contributed by atoms with Crippen molar-refractivity contribution in [1.82, 2.24) is 10.3 Å². The van der Waals surface area contributed by atoms with Crippen molar-refractivity contribution in [2.45, 2.75) is 38.1 Å². The summed E-state index contributed by atoms with van der Waals surface area (Å²) in [6, 6.07) is 16.6. The van der Waals surface area contributed by atoms with Crippen molar-refractivity contribution in [1.29, 1.82) is 0 Å². The van der Waals surface area contributed by atoms with Gasteiger partial charge in [0.25, 0.3) is 0 Å². The van der Waals surface area contributed by atoms with E-state index in [2.05, 4.69) is 46.8 Å². The Kier molecular flexibility index (Phi) is 5.18. The van der Waals surface area contributed by atoms with Gasteiger partial charge in [0.2, 0.25) is 0 Å². The summed E-state index contributed by atoms with van der Waals surface area (Å²) in [5, 5.41) is 8.67. The minimum atomic E-state index is -0.101. The molecule has 0 amide bonds. The first kappa shape index (κ1) is 18.7. The van der Waals surface area contributed by atoms with E-state index in [1.165, 1.54) is 24.0 Å². The van der Waals surface area contributed by atoms with Gasteiger partial charge in [-0.05, 0) is 61.8 Å².